The lowest BCUT2D eigenvalue weighted by atomic mass is 9.73. The van der Waals surface area contributed by atoms with Crippen molar-refractivity contribution >= 4 is 78.3 Å². The fourth-order valence-electron chi connectivity index (χ4n) is 3.94. The summed E-state index contributed by atoms with van der Waals surface area (Å²) >= 11 is 16.5. The van der Waals surface area contributed by atoms with E-state index in [0.717, 1.165) is 20.7 Å². The van der Waals surface area contributed by atoms with Gasteiger partial charge < -0.3 is 0 Å². The van der Waals surface area contributed by atoms with Crippen LogP contribution in [0.2, 0.25) is 0 Å². The van der Waals surface area contributed by atoms with E-state index in [9.17, 15) is 0 Å². The van der Waals surface area contributed by atoms with E-state index in [1.807, 2.05) is 6.07 Å². The standard InChI is InChI=1S/C25H18BrClI2/c1-17-21(18-11-5-2-6-12-18)22(26)24(28,19-13-7-3-8-14-19)25(29,23(17)27)20-15-9-4-10-16-20/h2-16H,1H3. The molecule has 2 unspecified atom stereocenters. The monoisotopic (exact) mass is 686 g/mol. The number of allylic oxidation sites excluding steroid dienone is 4. The van der Waals surface area contributed by atoms with E-state index >= 15 is 0 Å². The molecule has 4 rings (SSSR count). The molecule has 3 aromatic rings. The Morgan fingerprint density at radius 2 is 1.10 bits per heavy atom. The molecule has 3 aromatic carbocycles. The summed E-state index contributed by atoms with van der Waals surface area (Å²) in [6, 6.07) is 31.7. The van der Waals surface area contributed by atoms with E-state index in [2.05, 4.69) is 153 Å². The summed E-state index contributed by atoms with van der Waals surface area (Å²) in [5, 5.41) is 0.865. The molecule has 2 atom stereocenters. The average Bonchev–Trinajstić information content (AvgIpc) is 2.78. The smallest absolute Gasteiger partial charge is 0.0869 e. The summed E-state index contributed by atoms with van der Waals surface area (Å²) < 4.78 is 0.259. The lowest BCUT2D eigenvalue weighted by Crippen LogP contribution is -2.44. The van der Waals surface area contributed by atoms with Crippen molar-refractivity contribution in [1.29, 1.82) is 0 Å². The normalized spacial score (nSPS) is 24.7. The molecule has 0 fully saturated rings. The molecule has 0 bridgehead atoms. The number of hydrogen-bond donors (Lipinski definition) is 0. The summed E-state index contributed by atoms with van der Waals surface area (Å²) in [5.74, 6) is 0. The van der Waals surface area contributed by atoms with E-state index < -0.39 is 6.84 Å². The van der Waals surface area contributed by atoms with E-state index in [4.69, 9.17) is 11.6 Å². The molecule has 146 valence electrons. The first-order valence-electron chi connectivity index (χ1n) is 9.24. The maximum Gasteiger partial charge on any atom is 0.106 e. The van der Waals surface area contributed by atoms with Crippen molar-refractivity contribution in [3.05, 3.63) is 123 Å². The van der Waals surface area contributed by atoms with Gasteiger partial charge in [0.15, 0.2) is 0 Å². The molecule has 4 heteroatoms. The molecular formula is C25H18BrClI2. The van der Waals surface area contributed by atoms with E-state index in [0.29, 0.717) is 0 Å². The molecule has 0 spiro atoms. The van der Waals surface area contributed by atoms with Crippen molar-refractivity contribution in [2.24, 2.45) is 0 Å². The second kappa shape index (κ2) is 8.48. The Hall–Kier alpha value is -0.630. The van der Waals surface area contributed by atoms with Crippen LogP contribution in [0.3, 0.4) is 0 Å². The number of benzene rings is 3. The molecule has 0 nitrogen and oxygen atoms in total. The van der Waals surface area contributed by atoms with Crippen LogP contribution in [-0.2, 0) is 6.84 Å². The van der Waals surface area contributed by atoms with Crippen LogP contribution in [0.15, 0.2) is 106 Å². The van der Waals surface area contributed by atoms with Crippen LogP contribution in [0.5, 0.6) is 0 Å². The molecule has 0 saturated carbocycles. The van der Waals surface area contributed by atoms with Crippen LogP contribution in [-0.4, -0.2) is 0 Å². The minimum Gasteiger partial charge on any atom is -0.0869 e. The van der Waals surface area contributed by atoms with E-state index in [1.54, 1.807) is 0 Å². The second-order valence-corrected chi connectivity index (χ2v) is 11.5. The Morgan fingerprint density at radius 1 is 0.690 bits per heavy atom. The van der Waals surface area contributed by atoms with Crippen LogP contribution in [0, 0.1) is 0 Å². The minimum absolute atomic E-state index is 0.421. The number of rotatable bonds is 3. The third kappa shape index (κ3) is 3.36. The highest BCUT2D eigenvalue weighted by molar-refractivity contribution is 14.1. The van der Waals surface area contributed by atoms with E-state index in [1.165, 1.54) is 16.7 Å². The van der Waals surface area contributed by atoms with Gasteiger partial charge in [-0.25, -0.2) is 0 Å². The number of halogens is 4. The molecule has 1 aliphatic rings. The first-order chi connectivity index (χ1) is 13.9. The topological polar surface area (TPSA) is 0 Å². The van der Waals surface area contributed by atoms with Crippen molar-refractivity contribution in [3.63, 3.8) is 0 Å². The molecule has 0 N–H and O–H groups in total. The van der Waals surface area contributed by atoms with Gasteiger partial charge in [-0.2, -0.15) is 0 Å². The molecule has 0 aliphatic heterocycles. The summed E-state index contributed by atoms with van der Waals surface area (Å²) in [6.07, 6.45) is 0. The first kappa shape index (κ1) is 21.6. The number of hydrogen-bond acceptors (Lipinski definition) is 0. The predicted molar refractivity (Wildman–Crippen MR) is 145 cm³/mol. The fourth-order valence-corrected chi connectivity index (χ4v) is 8.43. The van der Waals surface area contributed by atoms with Gasteiger partial charge in [0.05, 0.1) is 0 Å². The third-order valence-corrected chi connectivity index (χ3v) is 13.0. The van der Waals surface area contributed by atoms with Crippen molar-refractivity contribution < 1.29 is 0 Å². The highest BCUT2D eigenvalue weighted by Crippen LogP contribution is 2.68. The van der Waals surface area contributed by atoms with Gasteiger partial charge in [0, 0.05) is 9.51 Å². The summed E-state index contributed by atoms with van der Waals surface area (Å²) in [5.41, 5.74) is 5.83. The Kier molecular flexibility index (Phi) is 6.32. The lowest BCUT2D eigenvalue weighted by molar-refractivity contribution is 0.653. The van der Waals surface area contributed by atoms with Gasteiger partial charge in [-0.3, -0.25) is 0 Å². The van der Waals surface area contributed by atoms with Gasteiger partial charge in [-0.15, -0.1) is 0 Å². The molecule has 0 heterocycles. The molecule has 1 aliphatic carbocycles. The van der Waals surface area contributed by atoms with Gasteiger partial charge in [-0.05, 0) is 34.8 Å². The number of alkyl halides is 2. The summed E-state index contributed by atoms with van der Waals surface area (Å²) in [7, 11) is 0. The Bertz CT molecular complexity index is 1090. The fraction of sp³-hybridized carbons (Fsp3) is 0.120. The van der Waals surface area contributed by atoms with Crippen LogP contribution in [0.4, 0.5) is 0 Å². The van der Waals surface area contributed by atoms with Crippen molar-refractivity contribution in [1.82, 2.24) is 0 Å². The highest BCUT2D eigenvalue weighted by atomic mass is 127. The highest BCUT2D eigenvalue weighted by Gasteiger charge is 2.58. The Balaban J connectivity index is 2.10. The van der Waals surface area contributed by atoms with Crippen LogP contribution >= 0.6 is 72.7 Å². The predicted octanol–water partition coefficient (Wildman–Crippen LogP) is 8.98. The van der Waals surface area contributed by atoms with Crippen LogP contribution in [0.1, 0.15) is 23.6 Å². The maximum absolute atomic E-state index is 7.27. The maximum atomic E-state index is 7.27. The van der Waals surface area contributed by atoms with Crippen LogP contribution < -0.4 is 0 Å². The van der Waals surface area contributed by atoms with Gasteiger partial charge in [0.1, 0.15) is 6.84 Å². The molecule has 0 saturated heterocycles. The average molecular weight is 688 g/mol. The van der Waals surface area contributed by atoms with Gasteiger partial charge in [0.2, 0.25) is 0 Å². The molecule has 0 radical (unpaired) electrons. The largest absolute Gasteiger partial charge is 0.106 e. The molecular weight excluding hydrogens is 669 g/mol. The lowest BCUT2D eigenvalue weighted by Gasteiger charge is -2.48. The first-order valence-corrected chi connectivity index (χ1v) is 12.6. The zero-order chi connectivity index (χ0) is 20.6. The SMILES string of the molecule is CC1=C(Cl)C(I)(c2ccccc2)C(I)(c2ccccc2)C(Br)=C1c1ccccc1. The summed E-state index contributed by atoms with van der Waals surface area (Å²) in [6.45, 7) is 2.13. The molecule has 0 aromatic heterocycles. The minimum atomic E-state index is -0.462. The van der Waals surface area contributed by atoms with Gasteiger partial charge in [0.25, 0.3) is 0 Å². The zero-order valence-corrected chi connectivity index (χ0v) is 22.3. The van der Waals surface area contributed by atoms with Crippen molar-refractivity contribution in [2.45, 2.75) is 13.8 Å². The summed E-state index contributed by atoms with van der Waals surface area (Å²) in [4.78, 5) is 0. The molecule has 29 heavy (non-hydrogen) atoms. The Labute approximate surface area is 212 Å². The molecule has 0 amide bonds. The third-order valence-electron chi connectivity index (χ3n) is 5.41. The zero-order valence-electron chi connectivity index (χ0n) is 15.7. The van der Waals surface area contributed by atoms with Crippen LogP contribution in [0.25, 0.3) is 5.57 Å². The van der Waals surface area contributed by atoms with Crippen molar-refractivity contribution in [3.8, 4) is 0 Å². The Morgan fingerprint density at radius 3 is 1.59 bits per heavy atom. The van der Waals surface area contributed by atoms with Gasteiger partial charge >= 0.3 is 0 Å². The van der Waals surface area contributed by atoms with E-state index in [-0.39, 0.29) is 0 Å². The second-order valence-electron chi connectivity index (χ2n) is 7.04. The quantitative estimate of drug-likeness (QED) is 0.191. The van der Waals surface area contributed by atoms with Gasteiger partial charge in [-0.1, -0.05) is 164 Å². The van der Waals surface area contributed by atoms with Crippen molar-refractivity contribution in [2.75, 3.05) is 0 Å².